The largest absolute Gasteiger partial charge is 0.497 e. The summed E-state index contributed by atoms with van der Waals surface area (Å²) in [4.78, 5) is 12.1. The molecule has 0 fully saturated rings. The number of anilines is 1. The van der Waals surface area contributed by atoms with Gasteiger partial charge in [0.05, 0.1) is 12.8 Å². The molecule has 0 saturated heterocycles. The van der Waals surface area contributed by atoms with Gasteiger partial charge in [0, 0.05) is 29.4 Å². The first-order valence-electron chi connectivity index (χ1n) is 9.48. The van der Waals surface area contributed by atoms with E-state index >= 15 is 0 Å². The summed E-state index contributed by atoms with van der Waals surface area (Å²) in [5.74, 6) is 0.467. The molecule has 6 nitrogen and oxygen atoms in total. The molecule has 30 heavy (non-hydrogen) atoms. The number of amides is 1. The van der Waals surface area contributed by atoms with Crippen molar-refractivity contribution in [1.82, 2.24) is 15.5 Å². The second kappa shape index (κ2) is 9.84. The number of nitrogens with one attached hydrogen (secondary N) is 3. The Kier molecular flexibility index (Phi) is 6.98. The lowest BCUT2D eigenvalue weighted by Gasteiger charge is -2.09. The first-order valence-corrected chi connectivity index (χ1v) is 9.89. The van der Waals surface area contributed by atoms with Crippen molar-refractivity contribution in [2.75, 3.05) is 12.4 Å². The van der Waals surface area contributed by atoms with Crippen LogP contribution >= 0.6 is 12.2 Å². The van der Waals surface area contributed by atoms with E-state index in [0.717, 1.165) is 34.8 Å². The Morgan fingerprint density at radius 2 is 1.83 bits per heavy atom. The van der Waals surface area contributed by atoms with Crippen LogP contribution in [0.15, 0.2) is 54.6 Å². The predicted molar refractivity (Wildman–Crippen MR) is 124 cm³/mol. The third kappa shape index (κ3) is 5.78. The standard InChI is InChI=1S/C23H24N4O2S/c1-15-21(16(2)27-26-15)14-18-4-9-19(10-5-18)24-23(30)25-22(28)13-8-17-6-11-20(29-3)12-7-17/h4-13H,14H2,1-3H3,(H,26,27)(H2,24,25,28,30)/b13-8+. The van der Waals surface area contributed by atoms with Crippen LogP contribution in [-0.4, -0.2) is 28.3 Å². The first kappa shape index (κ1) is 21.3. The summed E-state index contributed by atoms with van der Waals surface area (Å²) in [6.45, 7) is 4.02. The lowest BCUT2D eigenvalue weighted by molar-refractivity contribution is -0.115. The first-order chi connectivity index (χ1) is 14.4. The van der Waals surface area contributed by atoms with Crippen molar-refractivity contribution in [1.29, 1.82) is 0 Å². The molecule has 0 radical (unpaired) electrons. The number of methoxy groups -OCH3 is 1. The van der Waals surface area contributed by atoms with E-state index in [-0.39, 0.29) is 11.0 Å². The summed E-state index contributed by atoms with van der Waals surface area (Å²) in [5.41, 5.74) is 6.18. The van der Waals surface area contributed by atoms with Gasteiger partial charge < -0.3 is 10.1 Å². The molecular formula is C23H24N4O2S. The molecule has 0 unspecified atom stereocenters. The minimum Gasteiger partial charge on any atom is -0.497 e. The highest BCUT2D eigenvalue weighted by Gasteiger charge is 2.07. The molecule has 1 amide bonds. The summed E-state index contributed by atoms with van der Waals surface area (Å²) < 4.78 is 5.11. The van der Waals surface area contributed by atoms with Gasteiger partial charge in [-0.15, -0.1) is 0 Å². The monoisotopic (exact) mass is 420 g/mol. The van der Waals surface area contributed by atoms with Crippen LogP contribution < -0.4 is 15.4 Å². The van der Waals surface area contributed by atoms with Crippen LogP contribution in [0.5, 0.6) is 5.75 Å². The number of rotatable bonds is 6. The molecule has 2 aromatic carbocycles. The summed E-state index contributed by atoms with van der Waals surface area (Å²) in [6.07, 6.45) is 3.96. The van der Waals surface area contributed by atoms with Crippen LogP contribution in [0.3, 0.4) is 0 Å². The number of hydrogen-bond acceptors (Lipinski definition) is 4. The Morgan fingerprint density at radius 1 is 1.13 bits per heavy atom. The molecule has 0 aliphatic carbocycles. The summed E-state index contributed by atoms with van der Waals surface area (Å²) in [6, 6.07) is 15.3. The Bertz CT molecular complexity index is 1030. The summed E-state index contributed by atoms with van der Waals surface area (Å²) in [7, 11) is 1.61. The van der Waals surface area contributed by atoms with Gasteiger partial charge >= 0.3 is 0 Å². The smallest absolute Gasteiger partial charge is 0.250 e. The number of aryl methyl sites for hydroxylation is 2. The highest BCUT2D eigenvalue weighted by Crippen LogP contribution is 2.17. The van der Waals surface area contributed by atoms with Gasteiger partial charge in [-0.1, -0.05) is 24.3 Å². The second-order valence-corrected chi connectivity index (χ2v) is 7.24. The van der Waals surface area contributed by atoms with Crippen molar-refractivity contribution in [2.45, 2.75) is 20.3 Å². The maximum Gasteiger partial charge on any atom is 0.250 e. The molecule has 154 valence electrons. The van der Waals surface area contributed by atoms with E-state index in [4.69, 9.17) is 17.0 Å². The number of ether oxygens (including phenoxy) is 1. The molecule has 0 atom stereocenters. The van der Waals surface area contributed by atoms with Gasteiger partial charge in [0.15, 0.2) is 5.11 Å². The Morgan fingerprint density at radius 3 is 2.43 bits per heavy atom. The number of hydrogen-bond donors (Lipinski definition) is 3. The number of benzene rings is 2. The van der Waals surface area contributed by atoms with Crippen LogP contribution in [0.4, 0.5) is 5.69 Å². The van der Waals surface area contributed by atoms with Gasteiger partial charge in [0.25, 0.3) is 0 Å². The molecule has 0 aliphatic rings. The fourth-order valence-corrected chi connectivity index (χ4v) is 3.17. The van der Waals surface area contributed by atoms with Gasteiger partial charge in [-0.2, -0.15) is 5.10 Å². The van der Waals surface area contributed by atoms with E-state index in [2.05, 4.69) is 20.8 Å². The quantitative estimate of drug-likeness (QED) is 0.412. The molecule has 7 heteroatoms. The van der Waals surface area contributed by atoms with E-state index in [1.165, 1.54) is 17.2 Å². The van der Waals surface area contributed by atoms with E-state index in [1.54, 1.807) is 13.2 Å². The maximum atomic E-state index is 12.1. The average molecular weight is 421 g/mol. The third-order valence-electron chi connectivity index (χ3n) is 4.65. The Balaban J connectivity index is 1.51. The predicted octanol–water partition coefficient (Wildman–Crippen LogP) is 4.15. The molecule has 3 rings (SSSR count). The van der Waals surface area contributed by atoms with E-state index < -0.39 is 0 Å². The van der Waals surface area contributed by atoms with Crippen molar-refractivity contribution >= 4 is 35.0 Å². The number of H-pyrrole nitrogens is 1. The molecule has 0 saturated carbocycles. The van der Waals surface area contributed by atoms with Gasteiger partial charge in [0.2, 0.25) is 5.91 Å². The van der Waals surface area contributed by atoms with Crippen molar-refractivity contribution in [3.63, 3.8) is 0 Å². The minimum absolute atomic E-state index is 0.244. The number of thiocarbonyl (C=S) groups is 1. The maximum absolute atomic E-state index is 12.1. The van der Waals surface area contributed by atoms with Crippen molar-refractivity contribution in [2.24, 2.45) is 0 Å². The van der Waals surface area contributed by atoms with Crippen LogP contribution in [0.25, 0.3) is 6.08 Å². The zero-order valence-corrected chi connectivity index (χ0v) is 18.0. The third-order valence-corrected chi connectivity index (χ3v) is 4.86. The van der Waals surface area contributed by atoms with Gasteiger partial charge in [-0.25, -0.2) is 0 Å². The number of nitrogens with zero attached hydrogens (tertiary/aromatic N) is 1. The molecule has 1 aromatic heterocycles. The molecule has 3 aromatic rings. The Hall–Kier alpha value is -3.45. The highest BCUT2D eigenvalue weighted by atomic mass is 32.1. The molecule has 3 N–H and O–H groups in total. The fraction of sp³-hybridized carbons (Fsp3) is 0.174. The van der Waals surface area contributed by atoms with Crippen LogP contribution in [-0.2, 0) is 11.2 Å². The van der Waals surface area contributed by atoms with Crippen LogP contribution in [0, 0.1) is 13.8 Å². The van der Waals surface area contributed by atoms with Gasteiger partial charge in [-0.3, -0.25) is 15.2 Å². The summed E-state index contributed by atoms with van der Waals surface area (Å²) >= 11 is 5.23. The van der Waals surface area contributed by atoms with E-state index in [1.807, 2.05) is 62.4 Å². The van der Waals surface area contributed by atoms with Crippen LogP contribution in [0.1, 0.15) is 28.1 Å². The minimum atomic E-state index is -0.300. The second-order valence-electron chi connectivity index (χ2n) is 6.84. The van der Waals surface area contributed by atoms with E-state index in [9.17, 15) is 4.79 Å². The number of aromatic amines is 1. The molecule has 0 aliphatic heterocycles. The highest BCUT2D eigenvalue weighted by molar-refractivity contribution is 7.80. The molecular weight excluding hydrogens is 396 g/mol. The Labute approximate surface area is 181 Å². The lowest BCUT2D eigenvalue weighted by atomic mass is 10.0. The molecule has 0 bridgehead atoms. The fourth-order valence-electron chi connectivity index (χ4n) is 2.95. The zero-order chi connectivity index (χ0) is 21.5. The summed E-state index contributed by atoms with van der Waals surface area (Å²) in [5, 5.41) is 13.2. The van der Waals surface area contributed by atoms with Gasteiger partial charge in [0.1, 0.15) is 5.75 Å². The zero-order valence-electron chi connectivity index (χ0n) is 17.2. The average Bonchev–Trinajstić information content (AvgIpc) is 3.06. The van der Waals surface area contributed by atoms with E-state index in [0.29, 0.717) is 0 Å². The van der Waals surface area contributed by atoms with Crippen LogP contribution in [0.2, 0.25) is 0 Å². The number of aromatic nitrogens is 2. The molecule has 1 heterocycles. The topological polar surface area (TPSA) is 79.0 Å². The number of carbonyl (C=O) groups excluding carboxylic acids is 1. The normalized spacial score (nSPS) is 10.8. The van der Waals surface area contributed by atoms with Crippen molar-refractivity contribution < 1.29 is 9.53 Å². The SMILES string of the molecule is COc1ccc(/C=C/C(=O)NC(=S)Nc2ccc(Cc3c(C)n[nH]c3C)cc2)cc1. The van der Waals surface area contributed by atoms with Gasteiger partial charge in [-0.05, 0) is 67.5 Å². The van der Waals surface area contributed by atoms with Crippen molar-refractivity contribution in [3.8, 4) is 5.75 Å². The lowest BCUT2D eigenvalue weighted by Crippen LogP contribution is -2.32. The van der Waals surface area contributed by atoms with Crippen molar-refractivity contribution in [3.05, 3.63) is 82.7 Å². The molecule has 0 spiro atoms. The number of carbonyl (C=O) groups is 1.